The van der Waals surface area contributed by atoms with Crippen LogP contribution in [0.25, 0.3) is 11.4 Å². The van der Waals surface area contributed by atoms with Crippen LogP contribution in [0, 0.1) is 0 Å². The van der Waals surface area contributed by atoms with E-state index in [1.165, 1.54) is 5.06 Å². The number of nitrogens with zero attached hydrogens (tertiary/aromatic N) is 4. The quantitative estimate of drug-likeness (QED) is 0.415. The van der Waals surface area contributed by atoms with Crippen molar-refractivity contribution in [2.24, 2.45) is 0 Å². The summed E-state index contributed by atoms with van der Waals surface area (Å²) < 4.78 is 10.2. The number of ether oxygens (including phenoxy) is 2. The van der Waals surface area contributed by atoms with Crippen LogP contribution in [0.5, 0.6) is 0 Å². The summed E-state index contributed by atoms with van der Waals surface area (Å²) in [5.74, 6) is -0.614. The number of aromatic nitrogens is 2. The van der Waals surface area contributed by atoms with E-state index in [1.807, 2.05) is 30.3 Å². The standard InChI is InChI=1S/C30H39N5O7/c1-5-40-29(39)42-35-17-15-34(16-18-35)28(38)22(13-14-25(36)41-30(2,3)4)33-27(37)24-19-23(20-11-12-20)31-26(32-24)21-9-7-6-8-10-21/h6-10,19-20,22H,5,11-18H2,1-4H3,(H,33,37)/t22-/m0/s1. The number of carbonyl (C=O) groups is 4. The molecule has 4 rings (SSSR count). The molecular weight excluding hydrogens is 542 g/mol. The number of benzene rings is 1. The average molecular weight is 582 g/mol. The predicted molar refractivity (Wildman–Crippen MR) is 152 cm³/mol. The minimum atomic E-state index is -0.998. The summed E-state index contributed by atoms with van der Waals surface area (Å²) in [6.07, 6.45) is 1.17. The average Bonchev–Trinajstić information content (AvgIpc) is 3.80. The van der Waals surface area contributed by atoms with E-state index in [1.54, 1.807) is 38.7 Å². The molecule has 2 fully saturated rings. The van der Waals surface area contributed by atoms with Gasteiger partial charge in [0.15, 0.2) is 5.82 Å². The summed E-state index contributed by atoms with van der Waals surface area (Å²) in [6, 6.07) is 10.1. The van der Waals surface area contributed by atoms with Crippen molar-refractivity contribution in [3.63, 3.8) is 0 Å². The number of hydroxylamine groups is 2. The fourth-order valence-corrected chi connectivity index (χ4v) is 4.50. The highest BCUT2D eigenvalue weighted by molar-refractivity contribution is 5.96. The SMILES string of the molecule is CCOC(=O)ON1CCN(C(=O)[C@H](CCC(=O)OC(C)(C)C)NC(=O)c2cc(C3CC3)nc(-c3ccccc3)n2)CC1. The Labute approximate surface area is 245 Å². The van der Waals surface area contributed by atoms with E-state index in [2.05, 4.69) is 10.3 Å². The van der Waals surface area contributed by atoms with Gasteiger partial charge in [0, 0.05) is 36.7 Å². The smallest absolute Gasteiger partial charge is 0.460 e. The molecule has 1 atom stereocenters. The molecule has 42 heavy (non-hydrogen) atoms. The molecule has 12 nitrogen and oxygen atoms in total. The molecule has 0 radical (unpaired) electrons. The van der Waals surface area contributed by atoms with Gasteiger partial charge < -0.3 is 24.5 Å². The monoisotopic (exact) mass is 581 g/mol. The summed E-state index contributed by atoms with van der Waals surface area (Å²) in [4.78, 5) is 67.3. The van der Waals surface area contributed by atoms with E-state index < -0.39 is 29.7 Å². The zero-order chi connectivity index (χ0) is 30.3. The van der Waals surface area contributed by atoms with E-state index in [0.717, 1.165) is 24.1 Å². The highest BCUT2D eigenvalue weighted by atomic mass is 16.8. The summed E-state index contributed by atoms with van der Waals surface area (Å²) in [6.45, 7) is 8.24. The van der Waals surface area contributed by atoms with Crippen molar-refractivity contribution in [3.8, 4) is 11.4 Å². The Bertz CT molecular complexity index is 1270. The first-order chi connectivity index (χ1) is 20.0. The van der Waals surface area contributed by atoms with Gasteiger partial charge in [0.05, 0.1) is 19.7 Å². The lowest BCUT2D eigenvalue weighted by Gasteiger charge is -2.35. The van der Waals surface area contributed by atoms with Gasteiger partial charge in [0.1, 0.15) is 17.3 Å². The van der Waals surface area contributed by atoms with Crippen LogP contribution < -0.4 is 5.32 Å². The van der Waals surface area contributed by atoms with Crippen molar-refractivity contribution in [2.75, 3.05) is 32.8 Å². The number of amides is 2. The maximum atomic E-state index is 13.6. The highest BCUT2D eigenvalue weighted by Crippen LogP contribution is 2.39. The number of hydrogen-bond donors (Lipinski definition) is 1. The van der Waals surface area contributed by atoms with Crippen LogP contribution in [0.2, 0.25) is 0 Å². The molecule has 1 aliphatic heterocycles. The number of piperazine rings is 1. The molecule has 0 unspecified atom stereocenters. The van der Waals surface area contributed by atoms with Crippen LogP contribution in [0.3, 0.4) is 0 Å². The zero-order valence-corrected chi connectivity index (χ0v) is 24.6. The molecule has 1 saturated heterocycles. The molecule has 2 heterocycles. The van der Waals surface area contributed by atoms with Gasteiger partial charge in [0.2, 0.25) is 5.91 Å². The molecule has 2 amide bonds. The second kappa shape index (κ2) is 13.7. The maximum Gasteiger partial charge on any atom is 0.527 e. The molecule has 1 aromatic carbocycles. The first-order valence-electron chi connectivity index (χ1n) is 14.4. The Morgan fingerprint density at radius 3 is 2.33 bits per heavy atom. The molecule has 2 aliphatic rings. The number of esters is 1. The molecule has 1 saturated carbocycles. The lowest BCUT2D eigenvalue weighted by atomic mass is 10.1. The highest BCUT2D eigenvalue weighted by Gasteiger charge is 2.32. The summed E-state index contributed by atoms with van der Waals surface area (Å²) in [7, 11) is 0. The van der Waals surface area contributed by atoms with E-state index in [4.69, 9.17) is 19.3 Å². The molecular formula is C30H39N5O7. The van der Waals surface area contributed by atoms with E-state index in [-0.39, 0.29) is 63.1 Å². The molecule has 1 N–H and O–H groups in total. The summed E-state index contributed by atoms with van der Waals surface area (Å²) >= 11 is 0. The van der Waals surface area contributed by atoms with E-state index in [0.29, 0.717) is 5.82 Å². The van der Waals surface area contributed by atoms with Gasteiger partial charge >= 0.3 is 12.1 Å². The fraction of sp³-hybridized carbons (Fsp3) is 0.533. The molecule has 0 spiro atoms. The van der Waals surface area contributed by atoms with Gasteiger partial charge in [-0.15, -0.1) is 5.06 Å². The molecule has 2 aromatic rings. The van der Waals surface area contributed by atoms with Crippen LogP contribution in [-0.2, 0) is 23.9 Å². The van der Waals surface area contributed by atoms with Gasteiger partial charge in [-0.25, -0.2) is 14.8 Å². The molecule has 1 aromatic heterocycles. The Kier molecular flexibility index (Phi) is 10.1. The van der Waals surface area contributed by atoms with E-state index >= 15 is 0 Å². The van der Waals surface area contributed by atoms with Crippen LogP contribution in [0.1, 0.15) is 75.5 Å². The Hall–Kier alpha value is -4.06. The van der Waals surface area contributed by atoms with Crippen molar-refractivity contribution in [3.05, 3.63) is 47.8 Å². The lowest BCUT2D eigenvalue weighted by molar-refractivity contribution is -0.158. The first-order valence-corrected chi connectivity index (χ1v) is 14.4. The van der Waals surface area contributed by atoms with Crippen molar-refractivity contribution in [1.29, 1.82) is 0 Å². The summed E-state index contributed by atoms with van der Waals surface area (Å²) in [5, 5.41) is 4.26. The van der Waals surface area contributed by atoms with Crippen molar-refractivity contribution in [1.82, 2.24) is 25.2 Å². The van der Waals surface area contributed by atoms with Crippen LogP contribution in [0.4, 0.5) is 4.79 Å². The van der Waals surface area contributed by atoms with Crippen molar-refractivity contribution in [2.45, 2.75) is 70.9 Å². The van der Waals surface area contributed by atoms with Crippen molar-refractivity contribution < 1.29 is 33.5 Å². The largest absolute Gasteiger partial charge is 0.527 e. The third kappa shape index (κ3) is 8.97. The number of nitrogens with one attached hydrogen (secondary N) is 1. The Morgan fingerprint density at radius 2 is 1.71 bits per heavy atom. The van der Waals surface area contributed by atoms with Gasteiger partial charge in [0.25, 0.3) is 5.91 Å². The maximum absolute atomic E-state index is 13.6. The summed E-state index contributed by atoms with van der Waals surface area (Å²) in [5.41, 5.74) is 1.06. The Morgan fingerprint density at radius 1 is 1.02 bits per heavy atom. The second-order valence-corrected chi connectivity index (χ2v) is 11.3. The number of rotatable bonds is 10. The lowest BCUT2D eigenvalue weighted by Crippen LogP contribution is -2.55. The van der Waals surface area contributed by atoms with Crippen LogP contribution in [0.15, 0.2) is 36.4 Å². The topological polar surface area (TPSA) is 140 Å². The second-order valence-electron chi connectivity index (χ2n) is 11.3. The third-order valence-electron chi connectivity index (χ3n) is 6.68. The van der Waals surface area contributed by atoms with E-state index in [9.17, 15) is 19.2 Å². The first kappa shape index (κ1) is 30.9. The molecule has 1 aliphatic carbocycles. The minimum Gasteiger partial charge on any atom is -0.460 e. The molecule has 12 heteroatoms. The molecule has 226 valence electrons. The normalized spacial score (nSPS) is 16.3. The van der Waals surface area contributed by atoms with Crippen LogP contribution >= 0.6 is 0 Å². The zero-order valence-electron chi connectivity index (χ0n) is 24.6. The van der Waals surface area contributed by atoms with Gasteiger partial charge in [-0.3, -0.25) is 14.4 Å². The van der Waals surface area contributed by atoms with Gasteiger partial charge in [-0.2, -0.15) is 0 Å². The Balaban J connectivity index is 1.49. The van der Waals surface area contributed by atoms with Gasteiger partial charge in [-0.1, -0.05) is 30.3 Å². The fourth-order valence-electron chi connectivity index (χ4n) is 4.50. The van der Waals surface area contributed by atoms with Gasteiger partial charge in [-0.05, 0) is 53.0 Å². The molecule has 0 bridgehead atoms. The third-order valence-corrected chi connectivity index (χ3v) is 6.68. The predicted octanol–water partition coefficient (Wildman–Crippen LogP) is 3.47. The number of carbonyl (C=O) groups excluding carboxylic acids is 4. The van der Waals surface area contributed by atoms with Crippen molar-refractivity contribution >= 4 is 23.9 Å². The number of hydrogen-bond acceptors (Lipinski definition) is 10. The minimum absolute atomic E-state index is 0.0468. The van der Waals surface area contributed by atoms with Crippen LogP contribution in [-0.4, -0.2) is 88.3 Å².